The molecular formula is C10H11NO4. The Balaban J connectivity index is 2.52. The summed E-state index contributed by atoms with van der Waals surface area (Å²) in [7, 11) is 1.31. The van der Waals surface area contributed by atoms with E-state index in [1.165, 1.54) is 7.11 Å². The van der Waals surface area contributed by atoms with Crippen LogP contribution in [0.3, 0.4) is 0 Å². The largest absolute Gasteiger partial charge is 0.485 e. The van der Waals surface area contributed by atoms with E-state index >= 15 is 0 Å². The third kappa shape index (κ3) is 1.56. The number of carbonyl (C=O) groups is 1. The number of rotatable bonds is 1. The van der Waals surface area contributed by atoms with E-state index in [2.05, 4.69) is 4.74 Å². The number of hydrogen-bond donors (Lipinski definition) is 1. The molecule has 5 heteroatoms. The van der Waals surface area contributed by atoms with E-state index in [1.807, 2.05) is 0 Å². The molecule has 1 aromatic rings. The molecule has 1 aliphatic rings. The molecule has 1 aromatic carbocycles. The van der Waals surface area contributed by atoms with E-state index in [0.717, 1.165) is 0 Å². The molecule has 0 radical (unpaired) electrons. The van der Waals surface area contributed by atoms with Crippen molar-refractivity contribution in [2.45, 2.75) is 0 Å². The lowest BCUT2D eigenvalue weighted by atomic mass is 10.1. The molecule has 0 saturated heterocycles. The molecule has 5 nitrogen and oxygen atoms in total. The van der Waals surface area contributed by atoms with Gasteiger partial charge in [0, 0.05) is 0 Å². The van der Waals surface area contributed by atoms with Gasteiger partial charge in [0.25, 0.3) is 0 Å². The molecule has 0 fully saturated rings. The van der Waals surface area contributed by atoms with Crippen LogP contribution in [0, 0.1) is 0 Å². The highest BCUT2D eigenvalue weighted by Gasteiger charge is 2.23. The predicted octanol–water partition coefficient (Wildman–Crippen LogP) is 0.827. The van der Waals surface area contributed by atoms with E-state index in [0.29, 0.717) is 36.0 Å². The van der Waals surface area contributed by atoms with Crippen molar-refractivity contribution in [3.63, 3.8) is 0 Å². The van der Waals surface area contributed by atoms with Gasteiger partial charge in [-0.15, -0.1) is 0 Å². The molecule has 15 heavy (non-hydrogen) atoms. The number of fused-ring (bicyclic) bond motifs is 1. The Kier molecular flexibility index (Phi) is 2.37. The summed E-state index contributed by atoms with van der Waals surface area (Å²) >= 11 is 0. The van der Waals surface area contributed by atoms with Crippen LogP contribution in [-0.2, 0) is 4.74 Å². The maximum atomic E-state index is 11.4. The molecule has 0 aromatic heterocycles. The lowest BCUT2D eigenvalue weighted by molar-refractivity contribution is 0.0590. The van der Waals surface area contributed by atoms with Crippen molar-refractivity contribution >= 4 is 11.7 Å². The second-order valence-corrected chi connectivity index (χ2v) is 3.05. The number of carbonyl (C=O) groups excluding carboxylic acids is 1. The summed E-state index contributed by atoms with van der Waals surface area (Å²) in [6.45, 7) is 0.836. The van der Waals surface area contributed by atoms with Crippen molar-refractivity contribution in [2.24, 2.45) is 0 Å². The molecule has 80 valence electrons. The van der Waals surface area contributed by atoms with Gasteiger partial charge in [0.05, 0.1) is 12.8 Å². The molecule has 0 atom stereocenters. The predicted molar refractivity (Wildman–Crippen MR) is 53.2 cm³/mol. The fraction of sp³-hybridized carbons (Fsp3) is 0.300. The molecular weight excluding hydrogens is 198 g/mol. The highest BCUT2D eigenvalue weighted by Crippen LogP contribution is 2.39. The maximum Gasteiger partial charge on any atom is 0.341 e. The molecule has 0 saturated carbocycles. The molecule has 2 N–H and O–H groups in total. The number of ether oxygens (including phenoxy) is 3. The zero-order valence-corrected chi connectivity index (χ0v) is 8.28. The van der Waals surface area contributed by atoms with Crippen LogP contribution in [0.5, 0.6) is 11.5 Å². The normalized spacial score (nSPS) is 13.4. The molecule has 0 amide bonds. The summed E-state index contributed by atoms with van der Waals surface area (Å²) in [6.07, 6.45) is 0. The van der Waals surface area contributed by atoms with Gasteiger partial charge in [-0.1, -0.05) is 0 Å². The first-order valence-electron chi connectivity index (χ1n) is 4.50. The minimum absolute atomic E-state index is 0.335. The third-order valence-electron chi connectivity index (χ3n) is 2.12. The Hall–Kier alpha value is -1.91. The van der Waals surface area contributed by atoms with Crippen LogP contribution >= 0.6 is 0 Å². The van der Waals surface area contributed by atoms with E-state index < -0.39 is 5.97 Å². The van der Waals surface area contributed by atoms with Crippen LogP contribution in [-0.4, -0.2) is 26.3 Å². The van der Waals surface area contributed by atoms with Crippen molar-refractivity contribution < 1.29 is 19.0 Å². The number of methoxy groups -OCH3 is 1. The zero-order valence-electron chi connectivity index (χ0n) is 8.28. The molecule has 1 heterocycles. The van der Waals surface area contributed by atoms with Crippen LogP contribution in [0.15, 0.2) is 12.1 Å². The van der Waals surface area contributed by atoms with Gasteiger partial charge in [0.15, 0.2) is 11.5 Å². The van der Waals surface area contributed by atoms with E-state index in [1.54, 1.807) is 12.1 Å². The number of nitrogens with two attached hydrogens (primary N) is 1. The molecule has 2 rings (SSSR count). The Morgan fingerprint density at radius 3 is 2.67 bits per heavy atom. The van der Waals surface area contributed by atoms with Gasteiger partial charge in [0.2, 0.25) is 0 Å². The summed E-state index contributed by atoms with van der Waals surface area (Å²) in [6, 6.07) is 3.16. The van der Waals surface area contributed by atoms with Crippen molar-refractivity contribution in [1.29, 1.82) is 0 Å². The Labute approximate surface area is 86.7 Å². The first-order valence-corrected chi connectivity index (χ1v) is 4.50. The molecule has 0 aliphatic carbocycles. The van der Waals surface area contributed by atoms with Gasteiger partial charge in [-0.2, -0.15) is 0 Å². The van der Waals surface area contributed by atoms with Gasteiger partial charge in [0.1, 0.15) is 18.8 Å². The Morgan fingerprint density at radius 1 is 1.33 bits per heavy atom. The Bertz CT molecular complexity index is 403. The minimum atomic E-state index is -0.461. The minimum Gasteiger partial charge on any atom is -0.485 e. The quantitative estimate of drug-likeness (QED) is 0.547. The van der Waals surface area contributed by atoms with Gasteiger partial charge >= 0.3 is 5.97 Å². The van der Waals surface area contributed by atoms with Crippen LogP contribution in [0.2, 0.25) is 0 Å². The molecule has 1 aliphatic heterocycles. The van der Waals surface area contributed by atoms with Crippen molar-refractivity contribution in [3.05, 3.63) is 17.7 Å². The number of esters is 1. The van der Waals surface area contributed by atoms with Crippen molar-refractivity contribution in [3.8, 4) is 11.5 Å². The van der Waals surface area contributed by atoms with E-state index in [4.69, 9.17) is 15.2 Å². The van der Waals surface area contributed by atoms with Crippen LogP contribution in [0.1, 0.15) is 10.4 Å². The van der Waals surface area contributed by atoms with Crippen LogP contribution < -0.4 is 15.2 Å². The van der Waals surface area contributed by atoms with Crippen molar-refractivity contribution in [2.75, 3.05) is 26.1 Å². The highest BCUT2D eigenvalue weighted by atomic mass is 16.6. The monoisotopic (exact) mass is 209 g/mol. The first-order chi connectivity index (χ1) is 7.24. The zero-order chi connectivity index (χ0) is 10.8. The topological polar surface area (TPSA) is 70.8 Å². The lowest BCUT2D eigenvalue weighted by Gasteiger charge is -2.21. The summed E-state index contributed by atoms with van der Waals surface area (Å²) in [4.78, 5) is 11.4. The van der Waals surface area contributed by atoms with Gasteiger partial charge in [-0.05, 0) is 12.1 Å². The van der Waals surface area contributed by atoms with Crippen LogP contribution in [0.25, 0.3) is 0 Å². The second kappa shape index (κ2) is 3.68. The summed E-state index contributed by atoms with van der Waals surface area (Å²) in [5.41, 5.74) is 6.49. The third-order valence-corrected chi connectivity index (χ3v) is 2.12. The number of hydrogen-bond acceptors (Lipinski definition) is 5. The SMILES string of the molecule is COC(=O)c1ccc(N)c2c1OCCO2. The molecule has 0 bridgehead atoms. The number of anilines is 1. The van der Waals surface area contributed by atoms with E-state index in [-0.39, 0.29) is 0 Å². The number of nitrogen functional groups attached to an aromatic ring is 1. The first kappa shape index (κ1) is 9.64. The standard InChI is InChI=1S/C10H11NO4/c1-13-10(12)6-2-3-7(11)9-8(6)14-4-5-15-9/h2-3H,4-5,11H2,1H3. The number of benzene rings is 1. The van der Waals surface area contributed by atoms with Gasteiger partial charge in [-0.3, -0.25) is 0 Å². The van der Waals surface area contributed by atoms with Crippen LogP contribution in [0.4, 0.5) is 5.69 Å². The van der Waals surface area contributed by atoms with Crippen molar-refractivity contribution in [1.82, 2.24) is 0 Å². The van der Waals surface area contributed by atoms with E-state index in [9.17, 15) is 4.79 Å². The highest BCUT2D eigenvalue weighted by molar-refractivity contribution is 5.94. The average Bonchev–Trinajstić information content (AvgIpc) is 2.29. The second-order valence-electron chi connectivity index (χ2n) is 3.05. The molecule has 0 unspecified atom stereocenters. The smallest absolute Gasteiger partial charge is 0.341 e. The average molecular weight is 209 g/mol. The summed E-state index contributed by atoms with van der Waals surface area (Å²) in [5.74, 6) is 0.328. The Morgan fingerprint density at radius 2 is 2.00 bits per heavy atom. The maximum absolute atomic E-state index is 11.4. The van der Waals surface area contributed by atoms with Gasteiger partial charge in [-0.25, -0.2) is 4.79 Å². The fourth-order valence-corrected chi connectivity index (χ4v) is 1.43. The molecule has 0 spiro atoms. The summed E-state index contributed by atoms with van der Waals surface area (Å²) < 4.78 is 15.3. The fourth-order valence-electron chi connectivity index (χ4n) is 1.43. The lowest BCUT2D eigenvalue weighted by Crippen LogP contribution is -2.19. The summed E-state index contributed by atoms with van der Waals surface area (Å²) in [5, 5.41) is 0. The van der Waals surface area contributed by atoms with Gasteiger partial charge < -0.3 is 19.9 Å².